The van der Waals surface area contributed by atoms with Crippen LogP contribution in [0.3, 0.4) is 0 Å². The molecule has 0 aliphatic carbocycles. The molecule has 0 N–H and O–H groups in total. The van der Waals surface area contributed by atoms with E-state index in [0.29, 0.717) is 38.4 Å². The molecule has 0 rings (SSSR count). The van der Waals surface area contributed by atoms with E-state index in [1.54, 1.807) is 0 Å². The van der Waals surface area contributed by atoms with Gasteiger partial charge in [-0.15, -0.1) is 0 Å². The minimum absolute atomic E-state index is 0.201. The van der Waals surface area contributed by atoms with Crippen LogP contribution in [0.15, 0.2) is 0 Å². The average Bonchev–Trinajstić information content (AvgIpc) is 2.53. The van der Waals surface area contributed by atoms with Crippen molar-refractivity contribution in [3.63, 3.8) is 0 Å². The Morgan fingerprint density at radius 1 is 0.708 bits per heavy atom. The van der Waals surface area contributed by atoms with Gasteiger partial charge >= 0.3 is 11.9 Å². The largest absolute Gasteiger partial charge is 0.466 e. The maximum absolute atomic E-state index is 11.6. The molecule has 0 spiro atoms. The summed E-state index contributed by atoms with van der Waals surface area (Å²) < 4.78 is 10.3. The highest BCUT2D eigenvalue weighted by atomic mass is 16.5. The number of unbranched alkanes of at least 4 members (excludes halogenated alkanes) is 7. The minimum atomic E-state index is -0.216. The molecule has 0 aliphatic rings. The van der Waals surface area contributed by atoms with Crippen LogP contribution in [-0.2, 0) is 19.1 Å². The van der Waals surface area contributed by atoms with Crippen molar-refractivity contribution in [1.29, 1.82) is 0 Å². The molecule has 0 unspecified atom stereocenters. The van der Waals surface area contributed by atoms with Crippen molar-refractivity contribution in [3.05, 3.63) is 0 Å². The second kappa shape index (κ2) is 16.8. The van der Waals surface area contributed by atoms with Gasteiger partial charge in [0.25, 0.3) is 0 Å². The Bertz CT molecular complexity index is 313. The Morgan fingerprint density at radius 2 is 1.21 bits per heavy atom. The Kier molecular flexibility index (Phi) is 16.0. The molecule has 142 valence electrons. The lowest BCUT2D eigenvalue weighted by Crippen LogP contribution is -2.10. The second-order valence-electron chi connectivity index (χ2n) is 6.95. The van der Waals surface area contributed by atoms with E-state index in [0.717, 1.165) is 19.3 Å². The lowest BCUT2D eigenvalue weighted by molar-refractivity contribution is -0.145. The molecular formula is C20H38O4. The van der Waals surface area contributed by atoms with Gasteiger partial charge in [0.1, 0.15) is 0 Å². The average molecular weight is 343 g/mol. The molecule has 0 saturated carbocycles. The molecule has 0 atom stereocenters. The van der Waals surface area contributed by atoms with Crippen LogP contribution in [0.2, 0.25) is 0 Å². The molecule has 0 aromatic rings. The van der Waals surface area contributed by atoms with Gasteiger partial charge in [0.15, 0.2) is 0 Å². The summed E-state index contributed by atoms with van der Waals surface area (Å²) in [6.45, 7) is 7.39. The number of rotatable bonds is 16. The maximum Gasteiger partial charge on any atom is 0.305 e. The fraction of sp³-hybridized carbons (Fsp3) is 0.900. The summed E-state index contributed by atoms with van der Waals surface area (Å²) in [5.41, 5.74) is 0. The summed E-state index contributed by atoms with van der Waals surface area (Å²) in [6.07, 6.45) is 11.8. The fourth-order valence-corrected chi connectivity index (χ4v) is 2.35. The van der Waals surface area contributed by atoms with Crippen molar-refractivity contribution in [2.45, 2.75) is 97.8 Å². The van der Waals surface area contributed by atoms with Crippen LogP contribution in [0.5, 0.6) is 0 Å². The first-order valence-corrected chi connectivity index (χ1v) is 9.87. The van der Waals surface area contributed by atoms with Gasteiger partial charge in [0, 0.05) is 12.8 Å². The molecule has 4 heteroatoms. The third kappa shape index (κ3) is 17.3. The number of hydrogen-bond acceptors (Lipinski definition) is 4. The normalized spacial score (nSPS) is 10.8. The molecule has 0 aromatic heterocycles. The lowest BCUT2D eigenvalue weighted by Gasteiger charge is -2.07. The Labute approximate surface area is 148 Å². The summed E-state index contributed by atoms with van der Waals surface area (Å²) in [5.74, 6) is 0.114. The standard InChI is InChI=1S/C20H38O4/c1-4-5-6-7-8-9-10-11-16-23-19(21)13-12-14-20(22)24-17-15-18(2)3/h18H,4-17H2,1-3H3. The molecule has 0 amide bonds. The Morgan fingerprint density at radius 3 is 1.75 bits per heavy atom. The summed E-state index contributed by atoms with van der Waals surface area (Å²) in [4.78, 5) is 23.0. The van der Waals surface area contributed by atoms with E-state index in [2.05, 4.69) is 20.8 Å². The molecule has 0 aromatic carbocycles. The predicted octanol–water partition coefficient (Wildman–Crippen LogP) is 5.43. The second-order valence-corrected chi connectivity index (χ2v) is 6.95. The van der Waals surface area contributed by atoms with Gasteiger partial charge < -0.3 is 9.47 Å². The van der Waals surface area contributed by atoms with Crippen LogP contribution in [0.25, 0.3) is 0 Å². The molecule has 24 heavy (non-hydrogen) atoms. The van der Waals surface area contributed by atoms with Crippen LogP contribution in [0.4, 0.5) is 0 Å². The van der Waals surface area contributed by atoms with Crippen LogP contribution < -0.4 is 0 Å². The smallest absolute Gasteiger partial charge is 0.305 e. The Hall–Kier alpha value is -1.06. The van der Waals surface area contributed by atoms with Crippen molar-refractivity contribution in [2.24, 2.45) is 5.92 Å². The van der Waals surface area contributed by atoms with E-state index < -0.39 is 0 Å². The number of esters is 2. The van der Waals surface area contributed by atoms with Gasteiger partial charge in [-0.05, 0) is 25.2 Å². The van der Waals surface area contributed by atoms with Crippen LogP contribution in [0, 0.1) is 5.92 Å². The summed E-state index contributed by atoms with van der Waals surface area (Å²) in [6, 6.07) is 0. The van der Waals surface area contributed by atoms with Crippen molar-refractivity contribution < 1.29 is 19.1 Å². The van der Waals surface area contributed by atoms with Gasteiger partial charge in [-0.1, -0.05) is 65.7 Å². The summed E-state index contributed by atoms with van der Waals surface area (Å²) >= 11 is 0. The van der Waals surface area contributed by atoms with E-state index in [-0.39, 0.29) is 11.9 Å². The van der Waals surface area contributed by atoms with Crippen LogP contribution >= 0.6 is 0 Å². The maximum atomic E-state index is 11.6. The number of carbonyl (C=O) groups is 2. The highest BCUT2D eigenvalue weighted by molar-refractivity contribution is 5.72. The molecule has 0 fully saturated rings. The van der Waals surface area contributed by atoms with E-state index in [4.69, 9.17) is 9.47 Å². The molecule has 0 heterocycles. The monoisotopic (exact) mass is 342 g/mol. The predicted molar refractivity (Wildman–Crippen MR) is 97.8 cm³/mol. The zero-order valence-corrected chi connectivity index (χ0v) is 16.1. The zero-order chi connectivity index (χ0) is 18.0. The first kappa shape index (κ1) is 22.9. The number of hydrogen-bond donors (Lipinski definition) is 0. The van der Waals surface area contributed by atoms with Gasteiger partial charge in [0.05, 0.1) is 13.2 Å². The molecule has 0 aliphatic heterocycles. The zero-order valence-electron chi connectivity index (χ0n) is 16.1. The van der Waals surface area contributed by atoms with E-state index in [1.807, 2.05) is 0 Å². The third-order valence-electron chi connectivity index (χ3n) is 3.98. The van der Waals surface area contributed by atoms with Crippen molar-refractivity contribution in [3.8, 4) is 0 Å². The first-order valence-electron chi connectivity index (χ1n) is 9.87. The first-order chi connectivity index (χ1) is 11.6. The minimum Gasteiger partial charge on any atom is -0.466 e. The topological polar surface area (TPSA) is 52.6 Å². The third-order valence-corrected chi connectivity index (χ3v) is 3.98. The van der Waals surface area contributed by atoms with Crippen LogP contribution in [-0.4, -0.2) is 25.2 Å². The van der Waals surface area contributed by atoms with Gasteiger partial charge in [-0.3, -0.25) is 9.59 Å². The highest BCUT2D eigenvalue weighted by Crippen LogP contribution is 2.09. The van der Waals surface area contributed by atoms with E-state index >= 15 is 0 Å². The summed E-state index contributed by atoms with van der Waals surface area (Å²) in [7, 11) is 0. The molecule has 0 radical (unpaired) electrons. The summed E-state index contributed by atoms with van der Waals surface area (Å²) in [5, 5.41) is 0. The van der Waals surface area contributed by atoms with Crippen molar-refractivity contribution in [2.75, 3.05) is 13.2 Å². The van der Waals surface area contributed by atoms with Crippen molar-refractivity contribution in [1.82, 2.24) is 0 Å². The Balaban J connectivity index is 3.33. The van der Waals surface area contributed by atoms with Gasteiger partial charge in [-0.25, -0.2) is 0 Å². The molecule has 0 bridgehead atoms. The highest BCUT2D eigenvalue weighted by Gasteiger charge is 2.07. The quantitative estimate of drug-likeness (QED) is 0.277. The van der Waals surface area contributed by atoms with E-state index in [1.165, 1.54) is 38.5 Å². The number of ether oxygens (including phenoxy) is 2. The SMILES string of the molecule is CCCCCCCCCCOC(=O)CCCC(=O)OCCC(C)C. The van der Waals surface area contributed by atoms with Gasteiger partial charge in [0.2, 0.25) is 0 Å². The van der Waals surface area contributed by atoms with Gasteiger partial charge in [-0.2, -0.15) is 0 Å². The molecular weight excluding hydrogens is 304 g/mol. The number of carbonyl (C=O) groups excluding carboxylic acids is 2. The molecule has 4 nitrogen and oxygen atoms in total. The van der Waals surface area contributed by atoms with E-state index in [9.17, 15) is 9.59 Å². The lowest BCUT2D eigenvalue weighted by atomic mass is 10.1. The van der Waals surface area contributed by atoms with Crippen LogP contribution in [0.1, 0.15) is 97.8 Å². The molecule has 0 saturated heterocycles. The van der Waals surface area contributed by atoms with Crippen molar-refractivity contribution >= 4 is 11.9 Å². The fourth-order valence-electron chi connectivity index (χ4n) is 2.35.